The number of nitrogens with one attached hydrogen (secondary N) is 1. The van der Waals surface area contributed by atoms with E-state index in [4.69, 9.17) is 10.2 Å². The number of carbonyl (C=O) groups is 3. The summed E-state index contributed by atoms with van der Waals surface area (Å²) < 4.78 is 0. The van der Waals surface area contributed by atoms with E-state index in [0.717, 1.165) is 12.8 Å². The maximum absolute atomic E-state index is 11.6. The minimum atomic E-state index is -1.34. The minimum absolute atomic E-state index is 0. The average Bonchev–Trinajstić information content (AvgIpc) is 2.48. The number of amides is 1. The SMILES string of the molecule is CCCCCCCCCCCCC(=O)N[C@@H](CC(=O)O)C(=O)O.[NaH].[NaH]. The number of hydrogen-bond acceptors (Lipinski definition) is 3. The Labute approximate surface area is 195 Å². The van der Waals surface area contributed by atoms with Crippen molar-refractivity contribution in [1.82, 2.24) is 5.32 Å². The molecule has 0 saturated carbocycles. The maximum atomic E-state index is 11.6. The van der Waals surface area contributed by atoms with Gasteiger partial charge >= 0.3 is 71.1 Å². The van der Waals surface area contributed by atoms with Gasteiger partial charge in [-0.3, -0.25) is 9.59 Å². The van der Waals surface area contributed by atoms with E-state index < -0.39 is 30.3 Å². The van der Waals surface area contributed by atoms with Gasteiger partial charge in [-0.05, 0) is 6.42 Å². The molecule has 0 aliphatic carbocycles. The van der Waals surface area contributed by atoms with Crippen LogP contribution in [0.15, 0.2) is 0 Å². The van der Waals surface area contributed by atoms with E-state index in [0.29, 0.717) is 6.42 Å². The molecule has 0 aliphatic rings. The van der Waals surface area contributed by atoms with Crippen LogP contribution in [-0.2, 0) is 14.4 Å². The average molecular weight is 377 g/mol. The number of unbranched alkanes of at least 4 members (excludes halogenated alkanes) is 9. The number of carboxylic acid groups (broad SMARTS) is 2. The Bertz CT molecular complexity index is 367. The van der Waals surface area contributed by atoms with Gasteiger partial charge in [-0.1, -0.05) is 64.7 Å². The quantitative estimate of drug-likeness (QED) is 0.299. The Hall–Kier alpha value is 0.410. The van der Waals surface area contributed by atoms with Gasteiger partial charge in [0.15, 0.2) is 0 Å². The molecular formula is C17H33NNa2O5. The van der Waals surface area contributed by atoms with Crippen molar-refractivity contribution in [2.75, 3.05) is 0 Å². The van der Waals surface area contributed by atoms with Crippen LogP contribution in [0.2, 0.25) is 0 Å². The van der Waals surface area contributed by atoms with Crippen LogP contribution in [0.5, 0.6) is 0 Å². The zero-order valence-corrected chi connectivity index (χ0v) is 14.2. The van der Waals surface area contributed by atoms with Crippen LogP contribution in [0, 0.1) is 0 Å². The Kier molecular flexibility index (Phi) is 25.0. The summed E-state index contributed by atoms with van der Waals surface area (Å²) in [4.78, 5) is 33.0. The topological polar surface area (TPSA) is 104 Å². The van der Waals surface area contributed by atoms with Crippen LogP contribution in [0.25, 0.3) is 0 Å². The van der Waals surface area contributed by atoms with Gasteiger partial charge in [-0.15, -0.1) is 0 Å². The monoisotopic (exact) mass is 377 g/mol. The number of rotatable bonds is 15. The Morgan fingerprint density at radius 3 is 1.64 bits per heavy atom. The second kappa shape index (κ2) is 20.7. The summed E-state index contributed by atoms with van der Waals surface area (Å²) in [6.07, 6.45) is 11.3. The number of carboxylic acids is 2. The molecule has 138 valence electrons. The Morgan fingerprint density at radius 2 is 1.24 bits per heavy atom. The van der Waals surface area contributed by atoms with Crippen molar-refractivity contribution in [1.29, 1.82) is 0 Å². The zero-order chi connectivity index (χ0) is 17.5. The van der Waals surface area contributed by atoms with Crippen LogP contribution in [0.3, 0.4) is 0 Å². The molecule has 0 unspecified atom stereocenters. The molecule has 0 aliphatic heterocycles. The molecule has 6 nitrogen and oxygen atoms in total. The van der Waals surface area contributed by atoms with Gasteiger partial charge in [0.05, 0.1) is 6.42 Å². The van der Waals surface area contributed by atoms with Crippen molar-refractivity contribution in [2.24, 2.45) is 0 Å². The fraction of sp³-hybridized carbons (Fsp3) is 0.824. The fourth-order valence-corrected chi connectivity index (χ4v) is 2.41. The first-order valence-corrected chi connectivity index (χ1v) is 8.71. The molecule has 0 aromatic rings. The summed E-state index contributed by atoms with van der Waals surface area (Å²) >= 11 is 0. The van der Waals surface area contributed by atoms with Crippen LogP contribution in [0.1, 0.15) is 84.0 Å². The first-order chi connectivity index (χ1) is 11.0. The summed E-state index contributed by atoms with van der Waals surface area (Å²) in [5, 5.41) is 19.7. The van der Waals surface area contributed by atoms with Crippen molar-refractivity contribution < 1.29 is 24.6 Å². The Balaban J connectivity index is -0.00000242. The molecule has 3 N–H and O–H groups in total. The van der Waals surface area contributed by atoms with Crippen molar-refractivity contribution >= 4 is 77.0 Å². The number of aliphatic carboxylic acids is 2. The molecule has 0 fully saturated rings. The van der Waals surface area contributed by atoms with Gasteiger partial charge in [0.1, 0.15) is 6.04 Å². The molecule has 0 aromatic heterocycles. The van der Waals surface area contributed by atoms with Gasteiger partial charge in [0.25, 0.3) is 0 Å². The van der Waals surface area contributed by atoms with Crippen LogP contribution in [0.4, 0.5) is 0 Å². The normalized spacial score (nSPS) is 10.9. The predicted molar refractivity (Wildman–Crippen MR) is 103 cm³/mol. The number of hydrogen-bond donors (Lipinski definition) is 3. The van der Waals surface area contributed by atoms with E-state index >= 15 is 0 Å². The predicted octanol–water partition coefficient (Wildman–Crippen LogP) is 2.04. The molecule has 0 radical (unpaired) electrons. The van der Waals surface area contributed by atoms with Crippen molar-refractivity contribution in [3.05, 3.63) is 0 Å². The number of carbonyl (C=O) groups excluding carboxylic acids is 1. The summed E-state index contributed by atoms with van der Waals surface area (Å²) in [6.45, 7) is 2.20. The van der Waals surface area contributed by atoms with Crippen molar-refractivity contribution in [2.45, 2.75) is 90.0 Å². The van der Waals surface area contributed by atoms with Gasteiger partial charge in [0.2, 0.25) is 5.91 Å². The van der Waals surface area contributed by atoms with Crippen LogP contribution < -0.4 is 5.32 Å². The van der Waals surface area contributed by atoms with E-state index in [2.05, 4.69) is 12.2 Å². The van der Waals surface area contributed by atoms with Gasteiger partial charge in [-0.2, -0.15) is 0 Å². The molecule has 25 heavy (non-hydrogen) atoms. The van der Waals surface area contributed by atoms with Gasteiger partial charge in [0, 0.05) is 6.42 Å². The molecule has 1 atom stereocenters. The molecular weight excluding hydrogens is 344 g/mol. The third-order valence-electron chi connectivity index (χ3n) is 3.77. The fourth-order valence-electron chi connectivity index (χ4n) is 2.41. The molecule has 1 amide bonds. The second-order valence-electron chi connectivity index (χ2n) is 5.99. The Morgan fingerprint density at radius 1 is 0.800 bits per heavy atom. The molecule has 8 heteroatoms. The van der Waals surface area contributed by atoms with Crippen molar-refractivity contribution in [3.63, 3.8) is 0 Å². The first-order valence-electron chi connectivity index (χ1n) is 8.71. The van der Waals surface area contributed by atoms with Crippen molar-refractivity contribution in [3.8, 4) is 0 Å². The summed E-state index contributed by atoms with van der Waals surface area (Å²) in [5.41, 5.74) is 0. The zero-order valence-electron chi connectivity index (χ0n) is 14.2. The second-order valence-corrected chi connectivity index (χ2v) is 5.99. The molecule has 0 rings (SSSR count). The molecule has 0 spiro atoms. The molecule has 0 bridgehead atoms. The standard InChI is InChI=1S/C17H31NO5.2Na.2H/c1-2-3-4-5-6-7-8-9-10-11-12-15(19)18-14(17(22)23)13-16(20)21;;;;/h14H,2-13H2,1H3,(H,18,19)(H,20,21)(H,22,23);;;;/t14-;;;;/m0..../s1. The molecule has 0 heterocycles. The third-order valence-corrected chi connectivity index (χ3v) is 3.77. The first kappa shape index (κ1) is 30.1. The molecule has 0 aromatic carbocycles. The van der Waals surface area contributed by atoms with E-state index in [1.165, 1.54) is 44.9 Å². The van der Waals surface area contributed by atoms with E-state index in [1.807, 2.05) is 0 Å². The third kappa shape index (κ3) is 20.6. The van der Waals surface area contributed by atoms with E-state index in [9.17, 15) is 14.4 Å². The van der Waals surface area contributed by atoms with Crippen LogP contribution >= 0.6 is 0 Å². The van der Waals surface area contributed by atoms with E-state index in [-0.39, 0.29) is 65.5 Å². The summed E-state index contributed by atoms with van der Waals surface area (Å²) in [7, 11) is 0. The van der Waals surface area contributed by atoms with Gasteiger partial charge in [-0.25, -0.2) is 4.79 Å². The van der Waals surface area contributed by atoms with Gasteiger partial charge < -0.3 is 15.5 Å². The summed E-state index contributed by atoms with van der Waals surface area (Å²) in [5.74, 6) is -2.95. The van der Waals surface area contributed by atoms with Crippen LogP contribution in [-0.4, -0.2) is 93.2 Å². The summed E-state index contributed by atoms with van der Waals surface area (Å²) in [6, 6.07) is -1.34. The molecule has 0 saturated heterocycles. The van der Waals surface area contributed by atoms with E-state index in [1.54, 1.807) is 0 Å².